The van der Waals surface area contributed by atoms with Crippen LogP contribution in [-0.4, -0.2) is 47.4 Å². The van der Waals surface area contributed by atoms with Crippen LogP contribution in [0.2, 0.25) is 0 Å². The summed E-state index contributed by atoms with van der Waals surface area (Å²) in [4.78, 5) is 48.9. The number of amides is 6. The molecule has 2 rings (SSSR count). The highest BCUT2D eigenvalue weighted by atomic mass is 16.2. The molecular weight excluding hydrogens is 300 g/mol. The van der Waals surface area contributed by atoms with Crippen LogP contribution in [0.5, 0.6) is 0 Å². The first-order valence-electron chi connectivity index (χ1n) is 7.73. The minimum atomic E-state index is -0.902. The average molecular weight is 322 g/mol. The summed E-state index contributed by atoms with van der Waals surface area (Å²) >= 11 is 0. The molecule has 3 N–H and O–H groups in total. The molecule has 0 aromatic carbocycles. The highest BCUT2D eigenvalue weighted by molar-refractivity contribution is 6.10. The van der Waals surface area contributed by atoms with Gasteiger partial charge in [0.2, 0.25) is 5.91 Å². The van der Waals surface area contributed by atoms with E-state index in [0.717, 1.165) is 24.2 Å². The van der Waals surface area contributed by atoms with Crippen molar-refractivity contribution in [2.24, 2.45) is 5.92 Å². The fraction of sp³-hybridized carbons (Fsp3) is 0.600. The van der Waals surface area contributed by atoms with Crippen molar-refractivity contribution in [2.75, 3.05) is 13.1 Å². The number of nitrogens with one attached hydrogen (secondary N) is 3. The first-order chi connectivity index (χ1) is 10.9. The number of hydrogen-bond acceptors (Lipinski definition) is 4. The minimum absolute atomic E-state index is 0.0247. The molecule has 1 saturated carbocycles. The Balaban J connectivity index is 1.99. The summed E-state index contributed by atoms with van der Waals surface area (Å²) in [6.45, 7) is 5.11. The lowest BCUT2D eigenvalue weighted by Gasteiger charge is -2.36. The van der Waals surface area contributed by atoms with Crippen LogP contribution >= 0.6 is 0 Å². The Hall–Kier alpha value is -2.38. The molecule has 1 aliphatic carbocycles. The van der Waals surface area contributed by atoms with E-state index in [1.165, 1.54) is 6.08 Å². The van der Waals surface area contributed by atoms with Gasteiger partial charge < -0.3 is 10.6 Å². The van der Waals surface area contributed by atoms with Gasteiger partial charge in [0.15, 0.2) is 0 Å². The van der Waals surface area contributed by atoms with Gasteiger partial charge in [-0.05, 0) is 18.8 Å². The average Bonchev–Trinajstić information content (AvgIpc) is 2.73. The van der Waals surface area contributed by atoms with Crippen molar-refractivity contribution in [2.45, 2.75) is 38.1 Å². The number of nitrogens with zero attached hydrogens (tertiary/aromatic N) is 1. The molecular formula is C15H22N4O4. The lowest BCUT2D eigenvalue weighted by molar-refractivity contribution is -0.137. The Morgan fingerprint density at radius 1 is 1.43 bits per heavy atom. The van der Waals surface area contributed by atoms with E-state index < -0.39 is 30.1 Å². The molecule has 6 amide bonds. The van der Waals surface area contributed by atoms with E-state index in [1.807, 2.05) is 6.92 Å². The monoisotopic (exact) mass is 322 g/mol. The zero-order valence-electron chi connectivity index (χ0n) is 13.2. The molecule has 23 heavy (non-hydrogen) atoms. The molecule has 1 spiro atoms. The summed E-state index contributed by atoms with van der Waals surface area (Å²) in [5, 5.41) is 7.21. The molecule has 8 nitrogen and oxygen atoms in total. The number of imide groups is 2. The Kier molecular flexibility index (Phi) is 5.02. The maximum atomic E-state index is 12.6. The second-order valence-electron chi connectivity index (χ2n) is 5.99. The number of hydrogen-bond donors (Lipinski definition) is 3. The lowest BCUT2D eigenvalue weighted by Crippen LogP contribution is -2.54. The number of carbonyl (C=O) groups excluding carboxylic acids is 4. The second kappa shape index (κ2) is 6.80. The van der Waals surface area contributed by atoms with Gasteiger partial charge in [-0.2, -0.15) is 0 Å². The molecule has 0 radical (unpaired) electrons. The first kappa shape index (κ1) is 17.0. The summed E-state index contributed by atoms with van der Waals surface area (Å²) in [5.74, 6) is -1.07. The van der Waals surface area contributed by atoms with E-state index in [0.29, 0.717) is 6.42 Å². The smallest absolute Gasteiger partial charge is 0.325 e. The quantitative estimate of drug-likeness (QED) is 0.517. The van der Waals surface area contributed by atoms with E-state index in [1.54, 1.807) is 0 Å². The predicted octanol–water partition coefficient (Wildman–Crippen LogP) is 0.499. The Bertz CT molecular complexity index is 548. The summed E-state index contributed by atoms with van der Waals surface area (Å²) in [7, 11) is 0. The second-order valence-corrected chi connectivity index (χ2v) is 5.99. The summed E-state index contributed by atoms with van der Waals surface area (Å²) < 4.78 is 0. The standard InChI is InChI=1S/C15H22N4O4/c1-3-8-16-13(22)17-11(20)9-19-12(21)15(18-14(19)23)7-5-4-6-10(15)2/h3,10H,1,4-9H2,2H3,(H,18,23)(H2,16,17,20,22)/t10-,15+/m0/s1. The van der Waals surface area contributed by atoms with Gasteiger partial charge in [0, 0.05) is 6.54 Å². The molecule has 0 bridgehead atoms. The van der Waals surface area contributed by atoms with Gasteiger partial charge in [-0.1, -0.05) is 25.8 Å². The largest absolute Gasteiger partial charge is 0.334 e. The maximum Gasteiger partial charge on any atom is 0.325 e. The third-order valence-electron chi connectivity index (χ3n) is 4.46. The van der Waals surface area contributed by atoms with Gasteiger partial charge in [-0.25, -0.2) is 9.59 Å². The normalized spacial score (nSPS) is 26.8. The van der Waals surface area contributed by atoms with Crippen LogP contribution in [0.4, 0.5) is 9.59 Å². The molecule has 8 heteroatoms. The zero-order valence-corrected chi connectivity index (χ0v) is 13.2. The molecule has 1 heterocycles. The lowest BCUT2D eigenvalue weighted by atomic mass is 9.73. The van der Waals surface area contributed by atoms with E-state index >= 15 is 0 Å². The van der Waals surface area contributed by atoms with Crippen molar-refractivity contribution < 1.29 is 19.2 Å². The van der Waals surface area contributed by atoms with Crippen LogP contribution in [-0.2, 0) is 9.59 Å². The van der Waals surface area contributed by atoms with Crippen molar-refractivity contribution in [1.29, 1.82) is 0 Å². The van der Waals surface area contributed by atoms with E-state index in [2.05, 4.69) is 22.5 Å². The molecule has 1 saturated heterocycles. The predicted molar refractivity (Wildman–Crippen MR) is 82.3 cm³/mol. The zero-order chi connectivity index (χ0) is 17.0. The van der Waals surface area contributed by atoms with Crippen molar-refractivity contribution in [3.63, 3.8) is 0 Å². The summed E-state index contributed by atoms with van der Waals surface area (Å²) in [5.41, 5.74) is -0.902. The fourth-order valence-electron chi connectivity index (χ4n) is 3.16. The van der Waals surface area contributed by atoms with Gasteiger partial charge in [0.1, 0.15) is 12.1 Å². The maximum absolute atomic E-state index is 12.6. The van der Waals surface area contributed by atoms with Crippen LogP contribution in [0.25, 0.3) is 0 Å². The molecule has 2 atom stereocenters. The van der Waals surface area contributed by atoms with Gasteiger partial charge in [-0.3, -0.25) is 19.8 Å². The summed E-state index contributed by atoms with van der Waals surface area (Å²) in [6, 6.07) is -1.27. The Morgan fingerprint density at radius 2 is 2.17 bits per heavy atom. The van der Waals surface area contributed by atoms with Gasteiger partial charge in [-0.15, -0.1) is 6.58 Å². The molecule has 126 valence electrons. The molecule has 2 aliphatic rings. The van der Waals surface area contributed by atoms with Crippen molar-refractivity contribution in [3.05, 3.63) is 12.7 Å². The first-order valence-corrected chi connectivity index (χ1v) is 7.73. The topological polar surface area (TPSA) is 108 Å². The highest BCUT2D eigenvalue weighted by Crippen LogP contribution is 2.37. The van der Waals surface area contributed by atoms with Crippen LogP contribution in [0.3, 0.4) is 0 Å². The number of urea groups is 2. The van der Waals surface area contributed by atoms with Gasteiger partial charge in [0.05, 0.1) is 0 Å². The van der Waals surface area contributed by atoms with Gasteiger partial charge >= 0.3 is 12.1 Å². The van der Waals surface area contributed by atoms with Crippen LogP contribution in [0, 0.1) is 5.92 Å². The Labute approximate surface area is 134 Å². The van der Waals surface area contributed by atoms with Crippen molar-refractivity contribution in [3.8, 4) is 0 Å². The fourth-order valence-corrected chi connectivity index (χ4v) is 3.16. The van der Waals surface area contributed by atoms with E-state index in [9.17, 15) is 19.2 Å². The SMILES string of the molecule is C=CCNC(=O)NC(=O)CN1C(=O)N[C@@]2(CCCC[C@@H]2C)C1=O. The molecule has 1 aliphatic heterocycles. The summed E-state index contributed by atoms with van der Waals surface area (Å²) in [6.07, 6.45) is 4.79. The minimum Gasteiger partial charge on any atom is -0.334 e. The Morgan fingerprint density at radius 3 is 2.83 bits per heavy atom. The van der Waals surface area contributed by atoms with E-state index in [-0.39, 0.29) is 18.4 Å². The van der Waals surface area contributed by atoms with E-state index in [4.69, 9.17) is 0 Å². The van der Waals surface area contributed by atoms with Crippen LogP contribution in [0.15, 0.2) is 12.7 Å². The van der Waals surface area contributed by atoms with Crippen molar-refractivity contribution >= 4 is 23.9 Å². The van der Waals surface area contributed by atoms with Crippen LogP contribution < -0.4 is 16.0 Å². The number of rotatable bonds is 4. The molecule has 2 fully saturated rings. The highest BCUT2D eigenvalue weighted by Gasteiger charge is 2.55. The van der Waals surface area contributed by atoms with Crippen LogP contribution in [0.1, 0.15) is 32.6 Å². The van der Waals surface area contributed by atoms with Gasteiger partial charge in [0.25, 0.3) is 5.91 Å². The molecule has 0 aromatic rings. The number of carbonyl (C=O) groups is 4. The van der Waals surface area contributed by atoms with Crippen molar-refractivity contribution in [1.82, 2.24) is 20.9 Å². The third-order valence-corrected chi connectivity index (χ3v) is 4.46. The molecule has 0 unspecified atom stereocenters. The molecule has 0 aromatic heterocycles. The third kappa shape index (κ3) is 3.35.